The summed E-state index contributed by atoms with van der Waals surface area (Å²) in [5.41, 5.74) is 3.79. The Morgan fingerprint density at radius 1 is 0.636 bits per heavy atom. The molecule has 0 N–H and O–H groups in total. The number of benzene rings is 1. The van der Waals surface area contributed by atoms with E-state index >= 15 is 0 Å². The Morgan fingerprint density at radius 2 is 1.14 bits per heavy atom. The van der Waals surface area contributed by atoms with E-state index in [1.807, 2.05) is 90.6 Å². The van der Waals surface area contributed by atoms with Gasteiger partial charge in [-0.1, -0.05) is 45.3 Å². The Labute approximate surface area is 392 Å². The van der Waals surface area contributed by atoms with Crippen molar-refractivity contribution in [1.82, 2.24) is 43.9 Å². The van der Waals surface area contributed by atoms with E-state index in [2.05, 4.69) is 54.5 Å². The first-order valence-corrected chi connectivity index (χ1v) is 30.9. The van der Waals surface area contributed by atoms with Crippen LogP contribution in [0.5, 0.6) is 0 Å². The molecule has 0 saturated carbocycles. The highest BCUT2D eigenvalue weighted by atomic mass is 28.3. The zero-order valence-electron chi connectivity index (χ0n) is 41.3. The highest BCUT2D eigenvalue weighted by molar-refractivity contribution is 6.76. The number of likely N-dealkylation sites (tertiary alicyclic amines) is 2. The molecule has 0 radical (unpaired) electrons. The average Bonchev–Trinajstić information content (AvgIpc) is 4.05. The van der Waals surface area contributed by atoms with E-state index in [1.54, 1.807) is 9.80 Å². The normalized spacial score (nSPS) is 17.3. The maximum atomic E-state index is 13.4. The number of aromatic nitrogens is 7. The molecule has 15 nitrogen and oxygen atoms in total. The fraction of sp³-hybridized carbons (Fsp3) is 0.571. The number of pyridine rings is 1. The van der Waals surface area contributed by atoms with Crippen molar-refractivity contribution in [3.63, 3.8) is 0 Å². The highest BCUT2D eigenvalue weighted by Gasteiger charge is 2.38. The number of carbonyl (C=O) groups is 2. The van der Waals surface area contributed by atoms with Crippen LogP contribution in [-0.2, 0) is 32.4 Å². The lowest BCUT2D eigenvalue weighted by Gasteiger charge is -2.29. The Kier molecular flexibility index (Phi) is 14.6. The minimum absolute atomic E-state index is 0.225. The van der Waals surface area contributed by atoms with E-state index in [0.717, 1.165) is 82.8 Å². The molecule has 66 heavy (non-hydrogen) atoms. The van der Waals surface area contributed by atoms with Crippen molar-refractivity contribution in [3.05, 3.63) is 66.8 Å². The van der Waals surface area contributed by atoms with Gasteiger partial charge in [0, 0.05) is 71.4 Å². The number of rotatable bonds is 15. The second kappa shape index (κ2) is 19.7. The van der Waals surface area contributed by atoms with Gasteiger partial charge < -0.3 is 28.1 Å². The summed E-state index contributed by atoms with van der Waals surface area (Å²) in [4.78, 5) is 54.7. The smallest absolute Gasteiger partial charge is 0.410 e. The average molecular weight is 938 g/mol. The zero-order valence-corrected chi connectivity index (χ0v) is 43.3. The second-order valence-corrected chi connectivity index (χ2v) is 33.4. The van der Waals surface area contributed by atoms with E-state index < -0.39 is 27.3 Å². The molecular weight excluding hydrogens is 867 g/mol. The summed E-state index contributed by atoms with van der Waals surface area (Å²) in [6.45, 7) is 28.5. The van der Waals surface area contributed by atoms with Crippen LogP contribution >= 0.6 is 0 Å². The molecule has 5 aromatic rings. The molecule has 2 aliphatic heterocycles. The second-order valence-electron chi connectivity index (χ2n) is 22.1. The lowest BCUT2D eigenvalue weighted by atomic mass is 10.1. The van der Waals surface area contributed by atoms with Crippen LogP contribution in [0.1, 0.15) is 91.0 Å². The summed E-state index contributed by atoms with van der Waals surface area (Å²) < 4.78 is 28.4. The first-order chi connectivity index (χ1) is 31.0. The van der Waals surface area contributed by atoms with Crippen LogP contribution in [0.2, 0.25) is 51.4 Å². The summed E-state index contributed by atoms with van der Waals surface area (Å²) in [6.07, 6.45) is 10.0. The molecule has 17 heteroatoms. The van der Waals surface area contributed by atoms with Crippen molar-refractivity contribution >= 4 is 39.2 Å². The number of hydrogen-bond acceptors (Lipinski definition) is 11. The van der Waals surface area contributed by atoms with Crippen molar-refractivity contribution in [3.8, 4) is 34.0 Å². The Balaban J connectivity index is 1.14. The van der Waals surface area contributed by atoms with Crippen molar-refractivity contribution in [2.75, 3.05) is 26.3 Å². The number of hydrogen-bond donors (Lipinski definition) is 0. The van der Waals surface area contributed by atoms with Gasteiger partial charge in [0.1, 0.15) is 42.0 Å². The summed E-state index contributed by atoms with van der Waals surface area (Å²) in [5.74, 6) is 2.08. The number of imidazole rings is 2. The summed E-state index contributed by atoms with van der Waals surface area (Å²) in [5, 5.41) is 0.871. The largest absolute Gasteiger partial charge is 0.444 e. The SMILES string of the molecule is CC(C)(C)OC(=O)N1CCCC1c1ncc(-c2ccc(-c3ncc4cc(-c5cnc(C6CCCN6C(=O)OC(C)(C)C)n5COCC[Si](C)(C)C)ccc4n3)nc2)n1COCC[Si](C)(C)C. The summed E-state index contributed by atoms with van der Waals surface area (Å²) in [7, 11) is -2.62. The molecule has 356 valence electrons. The highest BCUT2D eigenvalue weighted by Crippen LogP contribution is 2.37. The van der Waals surface area contributed by atoms with Crippen molar-refractivity contribution in [1.29, 1.82) is 0 Å². The molecule has 0 bridgehead atoms. The predicted octanol–water partition coefficient (Wildman–Crippen LogP) is 11.2. The van der Waals surface area contributed by atoms with Gasteiger partial charge in [-0.2, -0.15) is 0 Å². The van der Waals surface area contributed by atoms with Crippen molar-refractivity contribution in [2.24, 2.45) is 0 Å². The number of nitrogens with zero attached hydrogens (tertiary/aromatic N) is 9. The van der Waals surface area contributed by atoms with Gasteiger partial charge in [0.25, 0.3) is 0 Å². The van der Waals surface area contributed by atoms with Gasteiger partial charge in [-0.3, -0.25) is 14.8 Å². The van der Waals surface area contributed by atoms with Gasteiger partial charge in [-0.15, -0.1) is 0 Å². The molecule has 2 fully saturated rings. The Morgan fingerprint density at radius 3 is 1.61 bits per heavy atom. The number of fused-ring (bicyclic) bond motifs is 1. The van der Waals surface area contributed by atoms with Crippen LogP contribution in [0.15, 0.2) is 55.1 Å². The molecule has 7 rings (SSSR count). The zero-order chi connectivity index (χ0) is 47.6. The van der Waals surface area contributed by atoms with E-state index in [0.29, 0.717) is 51.3 Å². The first kappa shape index (κ1) is 48.9. The molecule has 2 atom stereocenters. The fourth-order valence-electron chi connectivity index (χ4n) is 8.25. The molecule has 0 spiro atoms. The van der Waals surface area contributed by atoms with Crippen LogP contribution < -0.4 is 0 Å². The van der Waals surface area contributed by atoms with E-state index in [4.69, 9.17) is 43.9 Å². The minimum atomic E-state index is -1.31. The molecule has 2 unspecified atom stereocenters. The molecule has 0 aliphatic carbocycles. The van der Waals surface area contributed by atoms with Crippen LogP contribution in [-0.4, -0.2) is 110 Å². The van der Waals surface area contributed by atoms with Gasteiger partial charge in [0.2, 0.25) is 0 Å². The van der Waals surface area contributed by atoms with Crippen LogP contribution in [0.3, 0.4) is 0 Å². The van der Waals surface area contributed by atoms with Gasteiger partial charge in [-0.05, 0) is 104 Å². The topological polar surface area (TPSA) is 152 Å². The molecule has 4 aromatic heterocycles. The Hall–Kier alpha value is -4.98. The fourth-order valence-corrected chi connectivity index (χ4v) is 9.77. The molecule has 2 amide bonds. The third-order valence-electron chi connectivity index (χ3n) is 11.7. The van der Waals surface area contributed by atoms with E-state index in [1.165, 1.54) is 0 Å². The standard InChI is InChI=1S/C49H71N9O6Si2/c1-48(2,3)63-46(59)55-21-13-15-39(55)44-52-30-41(57(44)32-61-23-25-65(7,8)9)34-17-19-37-36(27-34)29-51-43(54-37)38-20-18-35(28-50-38)42-31-53-45(58(42)33-62-24-26-66(10,11)12)40-16-14-22-56(40)47(60)64-49(4,5)6/h17-20,27-31,39-40H,13-16,21-26,32-33H2,1-12H3. The van der Waals surface area contributed by atoms with Crippen LogP contribution in [0.25, 0.3) is 44.9 Å². The lowest BCUT2D eigenvalue weighted by molar-refractivity contribution is 0.0195. The Bertz CT molecular complexity index is 2480. The maximum absolute atomic E-state index is 13.4. The van der Waals surface area contributed by atoms with Crippen molar-refractivity contribution < 1.29 is 28.5 Å². The van der Waals surface area contributed by atoms with E-state index in [9.17, 15) is 9.59 Å². The number of carbonyl (C=O) groups excluding carboxylic acids is 2. The predicted molar refractivity (Wildman–Crippen MR) is 263 cm³/mol. The van der Waals surface area contributed by atoms with Crippen molar-refractivity contribution in [2.45, 2.75) is 155 Å². The maximum Gasteiger partial charge on any atom is 0.410 e. The minimum Gasteiger partial charge on any atom is -0.444 e. The van der Waals surface area contributed by atoms with Gasteiger partial charge in [0.05, 0.1) is 41.4 Å². The number of ether oxygens (including phenoxy) is 4. The van der Waals surface area contributed by atoms with Gasteiger partial charge in [-0.25, -0.2) is 29.5 Å². The van der Waals surface area contributed by atoms with Gasteiger partial charge >= 0.3 is 12.2 Å². The van der Waals surface area contributed by atoms with Crippen LogP contribution in [0.4, 0.5) is 9.59 Å². The van der Waals surface area contributed by atoms with Crippen LogP contribution in [0, 0.1) is 0 Å². The third-order valence-corrected chi connectivity index (χ3v) is 15.1. The van der Waals surface area contributed by atoms with Gasteiger partial charge in [0.15, 0.2) is 5.82 Å². The molecular formula is C49H71N9O6Si2. The molecule has 2 saturated heterocycles. The molecule has 1 aromatic carbocycles. The molecule has 2 aliphatic rings. The molecule has 6 heterocycles. The first-order valence-electron chi connectivity index (χ1n) is 23.5. The quantitative estimate of drug-likeness (QED) is 0.0728. The number of amides is 2. The monoisotopic (exact) mass is 938 g/mol. The lowest BCUT2D eigenvalue weighted by Crippen LogP contribution is -2.37. The summed E-state index contributed by atoms with van der Waals surface area (Å²) in [6, 6.07) is 11.7. The summed E-state index contributed by atoms with van der Waals surface area (Å²) >= 11 is 0. The third kappa shape index (κ3) is 12.3. The van der Waals surface area contributed by atoms with E-state index in [-0.39, 0.29) is 24.3 Å².